The minimum absolute atomic E-state index is 0.0370. The Bertz CT molecular complexity index is 1480. The zero-order valence-electron chi connectivity index (χ0n) is 21.8. The van der Waals surface area contributed by atoms with E-state index in [2.05, 4.69) is 5.32 Å². The lowest BCUT2D eigenvalue weighted by molar-refractivity contribution is -0.137. The molecule has 5 nitrogen and oxygen atoms in total. The molecular weight excluding hydrogens is 533 g/mol. The van der Waals surface area contributed by atoms with Gasteiger partial charge in [0, 0.05) is 29.3 Å². The van der Waals surface area contributed by atoms with Crippen LogP contribution in [0.15, 0.2) is 54.6 Å². The number of hydrogen-bond acceptors (Lipinski definition) is 4. The second-order valence-electron chi connectivity index (χ2n) is 9.24. The molecule has 3 aromatic carbocycles. The second-order valence-corrected chi connectivity index (χ2v) is 9.24. The standard InChI is InChI=1S/C30H26F5NO4/c1-3-28(37)36-22-12-18(11-19(13-22)29(38)39-2)23-5-4-6-24(23)25-14-20(30(33,34)35)8-10-27(25)40-16-17-7-9-21(31)15-26(17)32/h7-15H,3-6,16H2,1-2H3,(H,36,37). The Kier molecular flexibility index (Phi) is 8.56. The third kappa shape index (κ3) is 6.50. The fourth-order valence-corrected chi connectivity index (χ4v) is 4.58. The first kappa shape index (κ1) is 28.8. The summed E-state index contributed by atoms with van der Waals surface area (Å²) in [6, 6.07) is 10.7. The highest BCUT2D eigenvalue weighted by molar-refractivity contribution is 5.99. The van der Waals surface area contributed by atoms with Gasteiger partial charge < -0.3 is 14.8 Å². The van der Waals surface area contributed by atoms with Crippen molar-refractivity contribution >= 4 is 28.7 Å². The number of ether oxygens (including phenoxy) is 2. The van der Waals surface area contributed by atoms with Gasteiger partial charge in [0.2, 0.25) is 5.91 Å². The average Bonchev–Trinajstić information content (AvgIpc) is 3.41. The summed E-state index contributed by atoms with van der Waals surface area (Å²) in [6.45, 7) is 1.34. The molecule has 4 rings (SSSR count). The zero-order chi connectivity index (χ0) is 29.0. The van der Waals surface area contributed by atoms with Crippen molar-refractivity contribution in [2.45, 2.75) is 45.4 Å². The number of hydrogen-bond donors (Lipinski definition) is 1. The molecule has 0 spiro atoms. The molecule has 210 valence electrons. The van der Waals surface area contributed by atoms with E-state index in [4.69, 9.17) is 9.47 Å². The Morgan fingerprint density at radius 2 is 1.70 bits per heavy atom. The molecule has 0 saturated carbocycles. The molecule has 1 aliphatic carbocycles. The van der Waals surface area contributed by atoms with Crippen LogP contribution in [0, 0.1) is 11.6 Å². The Morgan fingerprint density at radius 3 is 2.38 bits per heavy atom. The maximum absolute atomic E-state index is 14.2. The number of benzene rings is 3. The number of halogens is 5. The quantitative estimate of drug-likeness (QED) is 0.226. The fourth-order valence-electron chi connectivity index (χ4n) is 4.58. The van der Waals surface area contributed by atoms with Gasteiger partial charge in [0.15, 0.2) is 0 Å². The second kappa shape index (κ2) is 11.9. The molecule has 0 saturated heterocycles. The van der Waals surface area contributed by atoms with E-state index in [1.807, 2.05) is 0 Å². The summed E-state index contributed by atoms with van der Waals surface area (Å²) in [5, 5.41) is 2.71. The Labute approximate surface area is 227 Å². The summed E-state index contributed by atoms with van der Waals surface area (Å²) in [5.74, 6) is -2.43. The molecule has 1 N–H and O–H groups in total. The van der Waals surface area contributed by atoms with Gasteiger partial charge in [0.05, 0.1) is 18.2 Å². The molecule has 10 heteroatoms. The van der Waals surface area contributed by atoms with Gasteiger partial charge in [-0.15, -0.1) is 0 Å². The van der Waals surface area contributed by atoms with Crippen molar-refractivity contribution in [1.82, 2.24) is 0 Å². The van der Waals surface area contributed by atoms with Crippen molar-refractivity contribution in [2.24, 2.45) is 0 Å². The number of carbonyl (C=O) groups is 2. The van der Waals surface area contributed by atoms with Crippen LogP contribution in [-0.4, -0.2) is 19.0 Å². The average molecular weight is 560 g/mol. The van der Waals surface area contributed by atoms with Gasteiger partial charge in [0.1, 0.15) is 24.0 Å². The third-order valence-electron chi connectivity index (χ3n) is 6.56. The summed E-state index contributed by atoms with van der Waals surface area (Å²) < 4.78 is 79.3. The van der Waals surface area contributed by atoms with Crippen molar-refractivity contribution in [3.63, 3.8) is 0 Å². The lowest BCUT2D eigenvalue weighted by Crippen LogP contribution is -2.11. The Balaban J connectivity index is 1.83. The zero-order valence-corrected chi connectivity index (χ0v) is 21.8. The van der Waals surface area contributed by atoms with Crippen LogP contribution in [0.1, 0.15) is 65.2 Å². The molecule has 3 aromatic rings. The van der Waals surface area contributed by atoms with Gasteiger partial charge >= 0.3 is 12.1 Å². The van der Waals surface area contributed by atoms with Crippen LogP contribution >= 0.6 is 0 Å². The van der Waals surface area contributed by atoms with Crippen LogP contribution in [0.5, 0.6) is 5.75 Å². The molecular formula is C30H26F5NO4. The topological polar surface area (TPSA) is 64.6 Å². The highest BCUT2D eigenvalue weighted by atomic mass is 19.4. The molecule has 0 bridgehead atoms. The Hall–Kier alpha value is -4.21. The van der Waals surface area contributed by atoms with Crippen LogP contribution in [0.3, 0.4) is 0 Å². The van der Waals surface area contributed by atoms with E-state index in [0.717, 1.165) is 18.2 Å². The number of alkyl halides is 3. The molecule has 0 aromatic heterocycles. The third-order valence-corrected chi connectivity index (χ3v) is 6.56. The first-order valence-corrected chi connectivity index (χ1v) is 12.5. The van der Waals surface area contributed by atoms with Crippen molar-refractivity contribution in [2.75, 3.05) is 12.4 Å². The number of allylic oxidation sites excluding steroid dienone is 2. The van der Waals surface area contributed by atoms with Crippen molar-refractivity contribution in [3.05, 3.63) is 94.0 Å². The summed E-state index contributed by atoms with van der Waals surface area (Å²) in [7, 11) is 1.22. The molecule has 0 unspecified atom stereocenters. The van der Waals surface area contributed by atoms with Gasteiger partial charge in [-0.25, -0.2) is 13.6 Å². The van der Waals surface area contributed by atoms with E-state index in [1.54, 1.807) is 19.1 Å². The molecule has 1 amide bonds. The van der Waals surface area contributed by atoms with Crippen LogP contribution in [0.4, 0.5) is 27.6 Å². The maximum atomic E-state index is 14.2. The van der Waals surface area contributed by atoms with Crippen LogP contribution in [-0.2, 0) is 22.3 Å². The van der Waals surface area contributed by atoms with Crippen LogP contribution in [0.2, 0.25) is 0 Å². The molecule has 0 radical (unpaired) electrons. The van der Waals surface area contributed by atoms with E-state index in [9.17, 15) is 31.5 Å². The minimum Gasteiger partial charge on any atom is -0.488 e. The Morgan fingerprint density at radius 1 is 0.950 bits per heavy atom. The number of carbonyl (C=O) groups excluding carboxylic acids is 2. The predicted octanol–water partition coefficient (Wildman–Crippen LogP) is 7.79. The SMILES string of the molecule is CCC(=O)Nc1cc(C(=O)OC)cc(C2=C(c3cc(C(F)(F)F)ccc3OCc3ccc(F)cc3F)CCC2)c1. The van der Waals surface area contributed by atoms with Crippen molar-refractivity contribution < 1.29 is 41.0 Å². The van der Waals surface area contributed by atoms with E-state index in [0.29, 0.717) is 47.7 Å². The van der Waals surface area contributed by atoms with Crippen molar-refractivity contribution in [1.29, 1.82) is 0 Å². The lowest BCUT2D eigenvalue weighted by atomic mass is 9.93. The molecule has 1 aliphatic rings. The van der Waals surface area contributed by atoms with E-state index >= 15 is 0 Å². The number of esters is 1. The van der Waals surface area contributed by atoms with Crippen molar-refractivity contribution in [3.8, 4) is 5.75 Å². The number of nitrogens with one attached hydrogen (secondary N) is 1. The smallest absolute Gasteiger partial charge is 0.416 e. The summed E-state index contributed by atoms with van der Waals surface area (Å²) in [4.78, 5) is 24.4. The largest absolute Gasteiger partial charge is 0.488 e. The maximum Gasteiger partial charge on any atom is 0.416 e. The molecule has 0 aliphatic heterocycles. The molecule has 0 atom stereocenters. The minimum atomic E-state index is -4.63. The van der Waals surface area contributed by atoms with Gasteiger partial charge in [-0.1, -0.05) is 6.92 Å². The first-order chi connectivity index (χ1) is 19.0. The molecule has 0 fully saturated rings. The highest BCUT2D eigenvalue weighted by Gasteiger charge is 2.32. The van der Waals surface area contributed by atoms with E-state index in [-0.39, 0.29) is 41.4 Å². The molecule has 0 heterocycles. The van der Waals surface area contributed by atoms with Gasteiger partial charge in [-0.05, 0) is 84.5 Å². The summed E-state index contributed by atoms with van der Waals surface area (Å²) in [6.07, 6.45) is -2.91. The monoisotopic (exact) mass is 559 g/mol. The predicted molar refractivity (Wildman–Crippen MR) is 140 cm³/mol. The first-order valence-electron chi connectivity index (χ1n) is 12.5. The number of anilines is 1. The lowest BCUT2D eigenvalue weighted by Gasteiger charge is -2.18. The van der Waals surface area contributed by atoms with Gasteiger partial charge in [0.25, 0.3) is 0 Å². The van der Waals surface area contributed by atoms with Gasteiger partial charge in [-0.2, -0.15) is 13.2 Å². The number of rotatable bonds is 8. The normalized spacial score (nSPS) is 13.4. The van der Waals surface area contributed by atoms with E-state index < -0.39 is 29.3 Å². The van der Waals surface area contributed by atoms with E-state index in [1.165, 1.54) is 25.3 Å². The number of amides is 1. The van der Waals surface area contributed by atoms with Crippen LogP contribution in [0.25, 0.3) is 11.1 Å². The fraction of sp³-hybridized carbons (Fsp3) is 0.267. The van der Waals surface area contributed by atoms with Gasteiger partial charge in [-0.3, -0.25) is 4.79 Å². The summed E-state index contributed by atoms with van der Waals surface area (Å²) in [5.41, 5.74) is 1.61. The molecule has 40 heavy (non-hydrogen) atoms. The highest BCUT2D eigenvalue weighted by Crippen LogP contribution is 2.45. The summed E-state index contributed by atoms with van der Waals surface area (Å²) >= 11 is 0. The number of methoxy groups -OCH3 is 1. The van der Waals surface area contributed by atoms with Crippen LogP contribution < -0.4 is 10.1 Å².